The van der Waals surface area contributed by atoms with Crippen LogP contribution in [0.2, 0.25) is 0 Å². The quantitative estimate of drug-likeness (QED) is 0.0478. The molecule has 4 unspecified atom stereocenters. The first-order chi connectivity index (χ1) is 28.3. The first kappa shape index (κ1) is 50.4. The van der Waals surface area contributed by atoms with Gasteiger partial charge in [-0.2, -0.15) is 0 Å². The number of rotatable bonds is 34. The Balaban J connectivity index is 1.22. The van der Waals surface area contributed by atoms with Gasteiger partial charge in [0.1, 0.15) is 0 Å². The summed E-state index contributed by atoms with van der Waals surface area (Å²) in [6, 6.07) is 0. The molecule has 0 radical (unpaired) electrons. The zero-order valence-corrected chi connectivity index (χ0v) is 39.1. The molecule has 0 aliphatic heterocycles. The first-order valence-corrected chi connectivity index (χ1v) is 26.0. The SMILES string of the molecule is CCCCCCCCCCCCCCCCCCNCCC[C@@H](C)C1CC[C@H]2C3[C@H](OCCCN)CC4C[C@H](OCCCN)CC[C@]4(C)[C@H]3C[C@H](OCCCN)C12C. The van der Waals surface area contributed by atoms with Crippen LogP contribution in [0.1, 0.15) is 207 Å². The van der Waals surface area contributed by atoms with Gasteiger partial charge in [0.25, 0.3) is 0 Å². The Morgan fingerprint density at radius 3 is 1.74 bits per heavy atom. The van der Waals surface area contributed by atoms with Crippen LogP contribution in [0.25, 0.3) is 0 Å². The molecule has 0 spiro atoms. The molecule has 0 amide bonds. The monoisotopic (exact) mass is 817 g/mol. The molecule has 4 rings (SSSR count). The largest absolute Gasteiger partial charge is 0.378 e. The van der Waals surface area contributed by atoms with Crippen LogP contribution in [0.3, 0.4) is 0 Å². The third kappa shape index (κ3) is 14.9. The summed E-state index contributed by atoms with van der Waals surface area (Å²) < 4.78 is 20.5. The fraction of sp³-hybridized carbons (Fsp3) is 1.00. The highest BCUT2D eigenvalue weighted by molar-refractivity contribution is 5.15. The molecule has 0 saturated heterocycles. The van der Waals surface area contributed by atoms with Gasteiger partial charge in [-0.05, 0) is 157 Å². The van der Waals surface area contributed by atoms with E-state index < -0.39 is 0 Å². The van der Waals surface area contributed by atoms with Gasteiger partial charge >= 0.3 is 0 Å². The molecule has 0 aromatic heterocycles. The molecule has 0 aromatic carbocycles. The van der Waals surface area contributed by atoms with E-state index in [1.165, 1.54) is 161 Å². The highest BCUT2D eigenvalue weighted by Gasteiger charge is 2.66. The van der Waals surface area contributed by atoms with E-state index in [4.69, 9.17) is 31.4 Å². The lowest BCUT2D eigenvalue weighted by molar-refractivity contribution is -0.227. The van der Waals surface area contributed by atoms with Crippen molar-refractivity contribution in [2.45, 2.75) is 226 Å². The second-order valence-corrected chi connectivity index (χ2v) is 20.6. The van der Waals surface area contributed by atoms with Crippen molar-refractivity contribution in [2.24, 2.45) is 63.5 Å². The summed E-state index contributed by atoms with van der Waals surface area (Å²) in [6.07, 6.45) is 37.9. The van der Waals surface area contributed by atoms with E-state index in [2.05, 4.69) is 33.0 Å². The molecule has 4 aliphatic carbocycles. The van der Waals surface area contributed by atoms with E-state index >= 15 is 0 Å². The number of nitrogens with two attached hydrogens (primary N) is 3. The van der Waals surface area contributed by atoms with Gasteiger partial charge in [-0.3, -0.25) is 0 Å². The number of hydrogen-bond donors (Lipinski definition) is 4. The predicted octanol–water partition coefficient (Wildman–Crippen LogP) is 11.3. The molecule has 7 nitrogen and oxygen atoms in total. The van der Waals surface area contributed by atoms with Crippen LogP contribution in [-0.2, 0) is 14.2 Å². The lowest BCUT2D eigenvalue weighted by atomic mass is 9.43. The second-order valence-electron chi connectivity index (χ2n) is 20.6. The van der Waals surface area contributed by atoms with Gasteiger partial charge in [-0.25, -0.2) is 0 Å². The average molecular weight is 817 g/mol. The molecule has 7 N–H and O–H groups in total. The topological polar surface area (TPSA) is 118 Å². The van der Waals surface area contributed by atoms with Crippen LogP contribution in [0.15, 0.2) is 0 Å². The highest BCUT2D eigenvalue weighted by Crippen LogP contribution is 2.69. The van der Waals surface area contributed by atoms with Gasteiger partial charge < -0.3 is 36.7 Å². The molecule has 58 heavy (non-hydrogen) atoms. The van der Waals surface area contributed by atoms with Crippen molar-refractivity contribution in [2.75, 3.05) is 52.5 Å². The average Bonchev–Trinajstić information content (AvgIpc) is 3.58. The Kier molecular flexibility index (Phi) is 24.7. The van der Waals surface area contributed by atoms with Crippen LogP contribution in [0.4, 0.5) is 0 Å². The van der Waals surface area contributed by atoms with E-state index in [0.717, 1.165) is 52.0 Å². The summed E-state index contributed by atoms with van der Waals surface area (Å²) in [6.45, 7) is 17.0. The van der Waals surface area contributed by atoms with Crippen LogP contribution in [0.5, 0.6) is 0 Å². The van der Waals surface area contributed by atoms with Crippen molar-refractivity contribution < 1.29 is 14.2 Å². The molecule has 0 bridgehead atoms. The van der Waals surface area contributed by atoms with Gasteiger partial charge in [0.15, 0.2) is 0 Å². The second kappa shape index (κ2) is 28.4. The Hall–Kier alpha value is -0.280. The van der Waals surface area contributed by atoms with Gasteiger partial charge in [0.05, 0.1) is 18.3 Å². The molecule has 7 heteroatoms. The predicted molar refractivity (Wildman–Crippen MR) is 247 cm³/mol. The lowest BCUT2D eigenvalue weighted by Crippen LogP contribution is -2.63. The Bertz CT molecular complexity index is 1030. The summed E-state index contributed by atoms with van der Waals surface area (Å²) in [4.78, 5) is 0. The fourth-order valence-electron chi connectivity index (χ4n) is 13.3. The van der Waals surface area contributed by atoms with E-state index in [1.54, 1.807) is 0 Å². The minimum absolute atomic E-state index is 0.178. The molecule has 4 aliphatic rings. The zero-order valence-electron chi connectivity index (χ0n) is 39.1. The van der Waals surface area contributed by atoms with Crippen LogP contribution >= 0.6 is 0 Å². The van der Waals surface area contributed by atoms with Crippen molar-refractivity contribution in [1.29, 1.82) is 0 Å². The third-order valence-corrected chi connectivity index (χ3v) is 16.7. The van der Waals surface area contributed by atoms with E-state index in [0.29, 0.717) is 78.9 Å². The van der Waals surface area contributed by atoms with E-state index in [9.17, 15) is 0 Å². The van der Waals surface area contributed by atoms with Gasteiger partial charge in [0, 0.05) is 25.2 Å². The first-order valence-electron chi connectivity index (χ1n) is 26.0. The Morgan fingerprint density at radius 2 is 1.14 bits per heavy atom. The molecule has 0 heterocycles. The van der Waals surface area contributed by atoms with E-state index in [1.807, 2.05) is 0 Å². The molecule has 342 valence electrons. The van der Waals surface area contributed by atoms with Crippen molar-refractivity contribution in [1.82, 2.24) is 5.32 Å². The van der Waals surface area contributed by atoms with Crippen molar-refractivity contribution in [3.05, 3.63) is 0 Å². The van der Waals surface area contributed by atoms with Gasteiger partial charge in [-0.1, -0.05) is 124 Å². The lowest BCUT2D eigenvalue weighted by Gasteiger charge is -2.65. The summed E-state index contributed by atoms with van der Waals surface area (Å²) in [7, 11) is 0. The number of nitrogens with one attached hydrogen (secondary N) is 1. The number of unbranched alkanes of at least 4 members (excludes halogenated alkanes) is 15. The molecular formula is C51H100N4O3. The van der Waals surface area contributed by atoms with Crippen LogP contribution in [0, 0.1) is 46.3 Å². The standard InChI is InChI=1S/C51H100N4O3/c1-5-6-7-8-9-10-11-12-13-14-15-16-17-18-19-20-33-55-34-21-25-41(2)44-26-27-45-49-46(40-48(51(44,45)4)58-37-24-32-54)50(3)29-28-43(56-35-22-30-52)38-42(50)39-47(49)57-36-23-31-53/h41-49,55H,5-40,52-54H2,1-4H3/t41-,42?,43-,44?,45+,46+,47-,48+,49?,50+,51?/m1/s1. The molecule has 4 saturated carbocycles. The van der Waals surface area contributed by atoms with Crippen molar-refractivity contribution in [3.8, 4) is 0 Å². The number of hydrogen-bond acceptors (Lipinski definition) is 7. The summed E-state index contributed by atoms with van der Waals surface area (Å²) in [5, 5.41) is 3.83. The summed E-state index contributed by atoms with van der Waals surface area (Å²) in [5.74, 6) is 3.91. The summed E-state index contributed by atoms with van der Waals surface area (Å²) >= 11 is 0. The maximum Gasteiger partial charge on any atom is 0.0637 e. The van der Waals surface area contributed by atoms with Crippen molar-refractivity contribution in [3.63, 3.8) is 0 Å². The molecule has 0 aromatic rings. The summed E-state index contributed by atoms with van der Waals surface area (Å²) in [5.41, 5.74) is 18.4. The smallest absolute Gasteiger partial charge is 0.0637 e. The number of ether oxygens (including phenoxy) is 3. The van der Waals surface area contributed by atoms with Crippen LogP contribution < -0.4 is 22.5 Å². The zero-order chi connectivity index (χ0) is 41.5. The maximum absolute atomic E-state index is 7.08. The van der Waals surface area contributed by atoms with Gasteiger partial charge in [0.2, 0.25) is 0 Å². The van der Waals surface area contributed by atoms with Gasteiger partial charge in [-0.15, -0.1) is 0 Å². The third-order valence-electron chi connectivity index (χ3n) is 16.7. The molecule has 11 atom stereocenters. The Labute approximate surface area is 360 Å². The molecular weight excluding hydrogens is 717 g/mol. The Morgan fingerprint density at radius 1 is 0.586 bits per heavy atom. The highest BCUT2D eigenvalue weighted by atomic mass is 16.5. The molecule has 4 fully saturated rings. The number of fused-ring (bicyclic) bond motifs is 5. The van der Waals surface area contributed by atoms with Crippen LogP contribution in [-0.4, -0.2) is 70.9 Å². The minimum Gasteiger partial charge on any atom is -0.378 e. The fourth-order valence-corrected chi connectivity index (χ4v) is 13.3. The van der Waals surface area contributed by atoms with E-state index in [-0.39, 0.29) is 5.41 Å². The maximum atomic E-state index is 7.08. The normalized spacial score (nSPS) is 32.5. The van der Waals surface area contributed by atoms with Crippen molar-refractivity contribution >= 4 is 0 Å². The minimum atomic E-state index is 0.178.